The van der Waals surface area contributed by atoms with E-state index in [1.165, 1.54) is 12.1 Å². The molecule has 0 fully saturated rings. The first-order chi connectivity index (χ1) is 55.9. The summed E-state index contributed by atoms with van der Waals surface area (Å²) in [6.07, 6.45) is 0. The van der Waals surface area contributed by atoms with Crippen molar-refractivity contribution in [3.8, 4) is 172 Å². The topological polar surface area (TPSA) is 709 Å². The normalized spacial score (nSPS) is 10.4. The molecule has 42 heteroatoms. The number of ketones is 6. The van der Waals surface area contributed by atoms with Gasteiger partial charge >= 0.3 is 0 Å². The molecule has 30 N–H and O–H groups in total. The first-order valence-electron chi connectivity index (χ1n) is 32.0. The zero-order chi connectivity index (χ0) is 90.1. The average molecular weight is 1680 g/mol. The summed E-state index contributed by atoms with van der Waals surface area (Å²) < 4.78 is 80.7. The Morgan fingerprint density at radius 1 is 0.158 bits per heavy atom. The van der Waals surface area contributed by atoms with E-state index in [0.29, 0.717) is 24.3 Å². The van der Waals surface area contributed by atoms with Gasteiger partial charge in [0.25, 0.3) is 0 Å². The molecule has 12 aromatic rings. The van der Waals surface area contributed by atoms with E-state index >= 15 is 0 Å². The average Bonchev–Trinajstić information content (AvgIpc) is 0.743. The largest absolute Gasteiger partial charge is 0.505 e. The first kappa shape index (κ1) is 89.4. The Morgan fingerprint density at radius 2 is 0.442 bits per heavy atom. The van der Waals surface area contributed by atoms with Gasteiger partial charge in [-0.05, 0) is 133 Å². The highest BCUT2D eigenvalue weighted by atomic mass is 19.1. The number of hydrogen-bond acceptors (Lipinski definition) is 36. The minimum Gasteiger partial charge on any atom is -0.505 e. The quantitative estimate of drug-likeness (QED) is 0.0307. The highest BCUT2D eigenvalue weighted by Crippen LogP contribution is 2.47. The van der Waals surface area contributed by atoms with E-state index in [2.05, 4.69) is 0 Å². The number of hydrogen-bond donors (Lipinski definition) is 30. The second kappa shape index (κ2) is 35.9. The van der Waals surface area contributed by atoms with Crippen LogP contribution in [0.1, 0.15) is 95.5 Å². The Morgan fingerprint density at radius 3 is 0.867 bits per heavy atom. The van der Waals surface area contributed by atoms with Gasteiger partial charge in [0.2, 0.25) is 28.8 Å². The molecule has 0 spiro atoms. The van der Waals surface area contributed by atoms with E-state index in [9.17, 15) is 147 Å². The third-order valence-corrected chi connectivity index (χ3v) is 16.0. The van der Waals surface area contributed by atoms with Gasteiger partial charge in [-0.2, -0.15) is 4.39 Å². The summed E-state index contributed by atoms with van der Waals surface area (Å²) in [5.41, 5.74) is -5.06. The SMILES string of the molecule is O=C(c1cc(O)c(O)c(F)c1)c1ccc(O)c(O)c1O.O=C(c1cc(O)c(O)c(O)c1)c1c(F)cc(O)c(O)c1O.O=C(c1cc(O)c(O)c(O)c1)c1ccc(O)c(F)c1O.O=C(c1ccc(O)c(O)c1)c1cc(O)c(O)c(F)c1.O=C(c1ccc(O)c(O)c1)c1cc(O)c(O)cc1F.O=C(c1ccc(O)c(O)c1O)c1cc(O)c(O)c(O)c1F. The predicted molar refractivity (Wildman–Crippen MR) is 388 cm³/mol. The van der Waals surface area contributed by atoms with Crippen molar-refractivity contribution in [1.29, 1.82) is 0 Å². The number of rotatable bonds is 12. The van der Waals surface area contributed by atoms with Crippen LogP contribution in [0.2, 0.25) is 0 Å². The highest BCUT2D eigenvalue weighted by molar-refractivity contribution is 6.15. The zero-order valence-electron chi connectivity index (χ0n) is 59.0. The number of halogens is 6. The summed E-state index contributed by atoms with van der Waals surface area (Å²) in [6.45, 7) is 0. The molecule has 0 aromatic heterocycles. The highest BCUT2D eigenvalue weighted by Gasteiger charge is 2.30. The van der Waals surface area contributed by atoms with Crippen molar-refractivity contribution in [1.82, 2.24) is 0 Å². The second-order valence-electron chi connectivity index (χ2n) is 23.9. The molecule has 120 heavy (non-hydrogen) atoms. The molecule has 0 aliphatic rings. The summed E-state index contributed by atoms with van der Waals surface area (Å²) in [5, 5.41) is 278. The van der Waals surface area contributed by atoms with Gasteiger partial charge in [-0.25, -0.2) is 22.0 Å². The molecule has 0 aliphatic heterocycles. The Kier molecular flexibility index (Phi) is 26.8. The molecule has 0 heterocycles. The monoisotopic (exact) mass is 1680 g/mol. The Labute approximate surface area is 660 Å². The van der Waals surface area contributed by atoms with Gasteiger partial charge < -0.3 is 153 Å². The number of aromatic hydroxyl groups is 30. The Hall–Kier alpha value is -17.8. The summed E-state index contributed by atoms with van der Waals surface area (Å²) in [7, 11) is 0. The van der Waals surface area contributed by atoms with E-state index in [1.807, 2.05) is 0 Å². The van der Waals surface area contributed by atoms with E-state index in [1.54, 1.807) is 0 Å². The van der Waals surface area contributed by atoms with Crippen molar-refractivity contribution in [2.24, 2.45) is 0 Å². The molecule has 12 rings (SSSR count). The molecule has 0 unspecified atom stereocenters. The molecule has 12 aromatic carbocycles. The maximum atomic E-state index is 13.8. The third-order valence-electron chi connectivity index (χ3n) is 16.0. The smallest absolute Gasteiger partial charge is 0.207 e. The van der Waals surface area contributed by atoms with Gasteiger partial charge in [0.1, 0.15) is 17.2 Å². The molecule has 624 valence electrons. The number of phenolic OH excluding ortho intramolecular Hbond substituents is 30. The van der Waals surface area contributed by atoms with E-state index in [-0.39, 0.29) is 27.8 Å². The third kappa shape index (κ3) is 19.1. The van der Waals surface area contributed by atoms with Crippen LogP contribution >= 0.6 is 0 Å². The summed E-state index contributed by atoms with van der Waals surface area (Å²) >= 11 is 0. The Balaban J connectivity index is 0.000000199. The summed E-state index contributed by atoms with van der Waals surface area (Å²) in [6, 6.07) is 21.0. The van der Waals surface area contributed by atoms with E-state index in [4.69, 9.17) is 61.3 Å². The van der Waals surface area contributed by atoms with Crippen LogP contribution in [0.4, 0.5) is 26.3 Å². The van der Waals surface area contributed by atoms with Crippen molar-refractivity contribution in [2.45, 2.75) is 0 Å². The molecule has 36 nitrogen and oxygen atoms in total. The van der Waals surface area contributed by atoms with Gasteiger partial charge in [0.05, 0.1) is 27.8 Å². The molecular weight excluding hydrogens is 1630 g/mol. The lowest BCUT2D eigenvalue weighted by Gasteiger charge is -2.10. The van der Waals surface area contributed by atoms with Crippen molar-refractivity contribution < 1.29 is 208 Å². The molecule has 0 bridgehead atoms. The van der Waals surface area contributed by atoms with E-state index < -0.39 is 281 Å². The van der Waals surface area contributed by atoms with Gasteiger partial charge in [-0.3, -0.25) is 28.8 Å². The van der Waals surface area contributed by atoms with Crippen molar-refractivity contribution in [2.75, 3.05) is 0 Å². The van der Waals surface area contributed by atoms with Crippen LogP contribution in [-0.4, -0.2) is 188 Å². The molecule has 0 saturated carbocycles. The van der Waals surface area contributed by atoms with Crippen LogP contribution in [-0.2, 0) is 0 Å². The lowest BCUT2D eigenvalue weighted by atomic mass is 10.00. The van der Waals surface area contributed by atoms with Gasteiger partial charge in [0, 0.05) is 45.5 Å². The predicted octanol–water partition coefficient (Wildman–Crippen LogP) is 9.51. The fourth-order valence-corrected chi connectivity index (χ4v) is 9.74. The van der Waals surface area contributed by atoms with Crippen LogP contribution < -0.4 is 0 Å². The van der Waals surface area contributed by atoms with Gasteiger partial charge in [0.15, 0.2) is 202 Å². The number of benzene rings is 12. The number of phenols is 30. The Bertz CT molecular complexity index is 5950. The molecule has 0 amide bonds. The van der Waals surface area contributed by atoms with Crippen LogP contribution in [0.15, 0.2) is 146 Å². The lowest BCUT2D eigenvalue weighted by molar-refractivity contribution is 0.102. The second-order valence-corrected chi connectivity index (χ2v) is 23.9. The molecule has 0 saturated heterocycles. The summed E-state index contributed by atoms with van der Waals surface area (Å²) in [5.74, 6) is -38.3. The fourth-order valence-electron chi connectivity index (χ4n) is 9.74. The van der Waals surface area contributed by atoms with E-state index in [0.717, 1.165) is 109 Å². The fraction of sp³-hybridized carbons (Fsp3) is 0. The van der Waals surface area contributed by atoms with Crippen LogP contribution in [0.3, 0.4) is 0 Å². The molecule has 0 aliphatic carbocycles. The van der Waals surface area contributed by atoms with Gasteiger partial charge in [-0.15, -0.1) is 0 Å². The molecular formula is C78H54F6O36. The zero-order valence-corrected chi connectivity index (χ0v) is 59.0. The van der Waals surface area contributed by atoms with Crippen LogP contribution in [0, 0.1) is 34.9 Å². The molecule has 0 atom stereocenters. The molecule has 0 radical (unpaired) electrons. The lowest BCUT2D eigenvalue weighted by Crippen LogP contribution is -2.05. The maximum absolute atomic E-state index is 13.8. The minimum atomic E-state index is -1.51. The van der Waals surface area contributed by atoms with Crippen LogP contribution in [0.5, 0.6) is 172 Å². The first-order valence-corrected chi connectivity index (χ1v) is 32.0. The van der Waals surface area contributed by atoms with Gasteiger partial charge in [-0.1, -0.05) is 0 Å². The maximum Gasteiger partial charge on any atom is 0.207 e. The van der Waals surface area contributed by atoms with Crippen molar-refractivity contribution in [3.63, 3.8) is 0 Å². The number of carbonyl (C=O) groups excluding carboxylic acids is 6. The summed E-state index contributed by atoms with van der Waals surface area (Å²) in [4.78, 5) is 72.2. The minimum absolute atomic E-state index is 0.000195. The standard InChI is InChI=1S/2C13H9FO7.2C13H9FO6.2C13H9FO5/c14-5-3-8(17)12(20)13(21)9(5)10(18)4-1-6(15)11(19)7(16)2-4;14-8-5(3-7(16)12(20)13(8)21)9(17)4-1-2-6(15)11(19)10(4)18;14-7-3-5(4-9(16)12(7)19)10(17)6-1-2-8(15)13(20)11(6)18;14-10-7(15)2-1-6(12(10)19)11(18)5-3-8(16)13(20)9(17)4-5;14-8-3-7(5-11(17)13(8)19)12(18)6-1-2-9(15)10(16)4-6;14-8-5-12(18)11(17)4-7(8)13(19)6-1-2-9(15)10(16)3-6/h1-3,15-17,19-21H;1-3,15-16,18-21H;1-4,15-16,18-20H;1-4,15-17,19-20H;1-5,15-17,19H;1-5,15-18H. The number of carbonyl (C=O) groups is 6. The van der Waals surface area contributed by atoms with Crippen molar-refractivity contribution >= 4 is 34.7 Å². The van der Waals surface area contributed by atoms with Crippen molar-refractivity contribution in [3.05, 3.63) is 247 Å². The van der Waals surface area contributed by atoms with Crippen LogP contribution in [0.25, 0.3) is 0 Å².